The van der Waals surface area contributed by atoms with E-state index in [9.17, 15) is 30.0 Å². The number of carbonyl (C=O) groups is 2. The lowest BCUT2D eigenvalue weighted by molar-refractivity contribution is -0.156. The first-order valence-electron chi connectivity index (χ1n) is 10.4. The average Bonchev–Trinajstić information content (AvgIpc) is 2.76. The van der Waals surface area contributed by atoms with Gasteiger partial charge in [0, 0.05) is 12.1 Å². The van der Waals surface area contributed by atoms with Gasteiger partial charge in [0.2, 0.25) is 0 Å². The summed E-state index contributed by atoms with van der Waals surface area (Å²) in [5.41, 5.74) is 1.78. The summed E-state index contributed by atoms with van der Waals surface area (Å²) in [4.78, 5) is 24.5. The van der Waals surface area contributed by atoms with Gasteiger partial charge in [-0.15, -0.1) is 0 Å². The molecule has 0 radical (unpaired) electrons. The maximum Gasteiger partial charge on any atom is 0.251 e. The van der Waals surface area contributed by atoms with Crippen molar-refractivity contribution in [2.24, 2.45) is 0 Å². The number of aliphatic hydroxyl groups is 4. The molecule has 0 fully saturated rings. The van der Waals surface area contributed by atoms with Crippen LogP contribution in [0.2, 0.25) is 0 Å². The number of rotatable bonds is 13. The Morgan fingerprint density at radius 2 is 1.41 bits per heavy atom. The quantitative estimate of drug-likeness (QED) is 0.242. The van der Waals surface area contributed by atoms with Crippen LogP contribution in [0.15, 0.2) is 67.3 Å². The molecule has 1 aromatic carbocycles. The zero-order chi connectivity index (χ0) is 24.3. The second-order valence-electron chi connectivity index (χ2n) is 7.77. The second-order valence-corrected chi connectivity index (χ2v) is 7.77. The molecule has 8 heteroatoms. The standard InChI is InChI=1S/C24H34N2O6/c1-5-10-17(6-2)13-15(3)25-23(31)21(29)19(27)20(28)22(30)24(32)26-16(4)14-18-11-8-7-9-12-18/h5-12,15-16,19-22,27-30H,1-2,13-14H2,3-4H3,(H,25,31)(H,26,32). The number of carbonyl (C=O) groups excluding carboxylic acids is 2. The highest BCUT2D eigenvalue weighted by Crippen LogP contribution is 2.10. The minimum atomic E-state index is -2.07. The highest BCUT2D eigenvalue weighted by atomic mass is 16.4. The molecule has 2 amide bonds. The number of allylic oxidation sites excluding steroid dienone is 3. The highest BCUT2D eigenvalue weighted by Gasteiger charge is 2.37. The van der Waals surface area contributed by atoms with Gasteiger partial charge in [0.15, 0.2) is 12.2 Å². The molecule has 32 heavy (non-hydrogen) atoms. The first-order chi connectivity index (χ1) is 15.1. The molecule has 6 atom stereocenters. The van der Waals surface area contributed by atoms with Crippen LogP contribution in [0.3, 0.4) is 0 Å². The van der Waals surface area contributed by atoms with E-state index in [0.29, 0.717) is 12.8 Å². The van der Waals surface area contributed by atoms with Gasteiger partial charge in [0.25, 0.3) is 11.8 Å². The van der Waals surface area contributed by atoms with Crippen LogP contribution in [-0.2, 0) is 16.0 Å². The molecule has 0 saturated heterocycles. The lowest BCUT2D eigenvalue weighted by atomic mass is 10.0. The third-order valence-electron chi connectivity index (χ3n) is 4.83. The summed E-state index contributed by atoms with van der Waals surface area (Å²) in [6.07, 6.45) is -2.43. The van der Waals surface area contributed by atoms with Crippen LogP contribution in [0, 0.1) is 0 Å². The smallest absolute Gasteiger partial charge is 0.251 e. The van der Waals surface area contributed by atoms with E-state index in [1.807, 2.05) is 30.3 Å². The minimum Gasteiger partial charge on any atom is -0.387 e. The summed E-state index contributed by atoms with van der Waals surface area (Å²) < 4.78 is 0. The van der Waals surface area contributed by atoms with E-state index in [0.717, 1.165) is 11.1 Å². The van der Waals surface area contributed by atoms with Crippen molar-refractivity contribution in [3.63, 3.8) is 0 Å². The fraction of sp³-hybridized carbons (Fsp3) is 0.417. The van der Waals surface area contributed by atoms with Gasteiger partial charge < -0.3 is 31.1 Å². The molecule has 0 bridgehead atoms. The van der Waals surface area contributed by atoms with Gasteiger partial charge in [-0.05, 0) is 37.8 Å². The summed E-state index contributed by atoms with van der Waals surface area (Å²) in [7, 11) is 0. The summed E-state index contributed by atoms with van der Waals surface area (Å²) >= 11 is 0. The van der Waals surface area contributed by atoms with Gasteiger partial charge in [-0.2, -0.15) is 0 Å². The van der Waals surface area contributed by atoms with Crippen molar-refractivity contribution in [2.75, 3.05) is 0 Å². The Bertz CT molecular complexity index is 795. The van der Waals surface area contributed by atoms with E-state index in [4.69, 9.17) is 0 Å². The largest absolute Gasteiger partial charge is 0.387 e. The van der Waals surface area contributed by atoms with Crippen LogP contribution in [0.25, 0.3) is 0 Å². The Balaban J connectivity index is 2.61. The molecule has 6 N–H and O–H groups in total. The van der Waals surface area contributed by atoms with Crippen molar-refractivity contribution in [3.8, 4) is 0 Å². The minimum absolute atomic E-state index is 0.361. The topological polar surface area (TPSA) is 139 Å². The normalized spacial score (nSPS) is 17.2. The Morgan fingerprint density at radius 1 is 0.906 bits per heavy atom. The van der Waals surface area contributed by atoms with Gasteiger partial charge in [-0.25, -0.2) is 0 Å². The van der Waals surface area contributed by atoms with E-state index < -0.39 is 42.3 Å². The summed E-state index contributed by atoms with van der Waals surface area (Å²) in [5, 5.41) is 45.5. The zero-order valence-electron chi connectivity index (χ0n) is 18.5. The van der Waals surface area contributed by atoms with Crippen molar-refractivity contribution in [1.29, 1.82) is 0 Å². The van der Waals surface area contributed by atoms with E-state index in [-0.39, 0.29) is 6.04 Å². The van der Waals surface area contributed by atoms with Crippen molar-refractivity contribution < 1.29 is 30.0 Å². The zero-order valence-corrected chi connectivity index (χ0v) is 18.5. The summed E-state index contributed by atoms with van der Waals surface area (Å²) in [6, 6.07) is 8.59. The molecule has 0 heterocycles. The molecule has 1 aromatic rings. The molecule has 176 valence electrons. The molecule has 0 spiro atoms. The Hall–Kier alpha value is -2.78. The van der Waals surface area contributed by atoms with Crippen molar-refractivity contribution in [1.82, 2.24) is 10.6 Å². The number of benzene rings is 1. The Kier molecular flexibility index (Phi) is 11.6. The van der Waals surface area contributed by atoms with Crippen molar-refractivity contribution in [3.05, 3.63) is 72.9 Å². The summed E-state index contributed by atoms with van der Waals surface area (Å²) in [5.74, 6) is -1.87. The van der Waals surface area contributed by atoms with Crippen LogP contribution >= 0.6 is 0 Å². The Labute approximate surface area is 189 Å². The predicted molar refractivity (Wildman–Crippen MR) is 122 cm³/mol. The fourth-order valence-electron chi connectivity index (χ4n) is 3.13. The monoisotopic (exact) mass is 446 g/mol. The molecule has 0 aliphatic heterocycles. The third-order valence-corrected chi connectivity index (χ3v) is 4.83. The van der Waals surface area contributed by atoms with Gasteiger partial charge in [0.05, 0.1) is 0 Å². The van der Waals surface area contributed by atoms with Crippen LogP contribution in [-0.4, -0.2) is 68.7 Å². The van der Waals surface area contributed by atoms with Crippen molar-refractivity contribution >= 4 is 11.8 Å². The molecular formula is C24H34N2O6. The summed E-state index contributed by atoms with van der Waals surface area (Å²) in [6.45, 7) is 10.7. The molecule has 0 saturated carbocycles. The maximum atomic E-state index is 12.2. The van der Waals surface area contributed by atoms with E-state index in [1.165, 1.54) is 0 Å². The van der Waals surface area contributed by atoms with Crippen LogP contribution in [0.1, 0.15) is 25.8 Å². The number of hydrogen-bond acceptors (Lipinski definition) is 6. The Morgan fingerprint density at radius 3 is 1.88 bits per heavy atom. The fourth-order valence-corrected chi connectivity index (χ4v) is 3.13. The molecule has 6 unspecified atom stereocenters. The second kappa shape index (κ2) is 13.6. The molecule has 0 aromatic heterocycles. The lowest BCUT2D eigenvalue weighted by Gasteiger charge is -2.27. The lowest BCUT2D eigenvalue weighted by Crippen LogP contribution is -2.56. The average molecular weight is 447 g/mol. The molecular weight excluding hydrogens is 412 g/mol. The van der Waals surface area contributed by atoms with Gasteiger partial charge in [-0.3, -0.25) is 9.59 Å². The number of nitrogens with one attached hydrogen (secondary N) is 2. The first kappa shape index (κ1) is 27.3. The highest BCUT2D eigenvalue weighted by molar-refractivity contribution is 5.83. The number of amides is 2. The van der Waals surface area contributed by atoms with Crippen LogP contribution in [0.5, 0.6) is 0 Å². The van der Waals surface area contributed by atoms with Crippen LogP contribution < -0.4 is 10.6 Å². The van der Waals surface area contributed by atoms with Gasteiger partial charge in [0.1, 0.15) is 12.2 Å². The predicted octanol–water partition coefficient (Wildman–Crippen LogP) is 0.371. The molecule has 0 aliphatic carbocycles. The molecule has 0 aliphatic rings. The van der Waals surface area contributed by atoms with E-state index in [2.05, 4.69) is 23.8 Å². The maximum absolute atomic E-state index is 12.2. The van der Waals surface area contributed by atoms with Gasteiger partial charge >= 0.3 is 0 Å². The van der Waals surface area contributed by atoms with Gasteiger partial charge in [-0.1, -0.05) is 61.7 Å². The molecule has 1 rings (SSSR count). The van der Waals surface area contributed by atoms with E-state index >= 15 is 0 Å². The van der Waals surface area contributed by atoms with E-state index in [1.54, 1.807) is 32.1 Å². The molecule has 8 nitrogen and oxygen atoms in total. The SMILES string of the molecule is C=CC=C(C=C)CC(C)NC(=O)C(O)C(O)C(O)C(O)C(=O)NC(C)Cc1ccccc1. The first-order valence-corrected chi connectivity index (χ1v) is 10.4. The van der Waals surface area contributed by atoms with Crippen molar-refractivity contribution in [2.45, 2.75) is 63.2 Å². The number of hydrogen-bond donors (Lipinski definition) is 6. The third kappa shape index (κ3) is 8.76. The number of aliphatic hydroxyl groups excluding tert-OH is 4. The van der Waals surface area contributed by atoms with Crippen LogP contribution in [0.4, 0.5) is 0 Å².